The molecule has 1 heterocycles. The van der Waals surface area contributed by atoms with Crippen LogP contribution in [0, 0.1) is 10.1 Å². The van der Waals surface area contributed by atoms with E-state index in [1.807, 2.05) is 0 Å². The zero-order chi connectivity index (χ0) is 28.8. The molecular formula is C28H20Cl2N2O7S. The number of hydrogen-bond donors (Lipinski definition) is 1. The van der Waals surface area contributed by atoms with Crippen molar-refractivity contribution in [1.29, 1.82) is 0 Å². The average Bonchev–Trinajstić information content (AvgIpc) is 3.22. The van der Waals surface area contributed by atoms with Gasteiger partial charge < -0.3 is 14.6 Å². The molecule has 0 radical (unpaired) electrons. The highest BCUT2D eigenvalue weighted by atomic mass is 35.5. The van der Waals surface area contributed by atoms with Crippen LogP contribution in [0.25, 0.3) is 6.08 Å². The van der Waals surface area contributed by atoms with Gasteiger partial charge >= 0.3 is 5.97 Å². The predicted molar refractivity (Wildman–Crippen MR) is 154 cm³/mol. The molecule has 0 saturated heterocycles. The predicted octanol–water partition coefficient (Wildman–Crippen LogP) is 7.18. The van der Waals surface area contributed by atoms with Gasteiger partial charge in [0.1, 0.15) is 28.7 Å². The average molecular weight is 599 g/mol. The summed E-state index contributed by atoms with van der Waals surface area (Å²) in [6, 6.07) is 17.3. The largest absolute Gasteiger partial charge is 0.506 e. The number of aliphatic hydroxyl groups is 1. The summed E-state index contributed by atoms with van der Waals surface area (Å²) in [6.07, 6.45) is 1.57. The molecular weight excluding hydrogens is 579 g/mol. The first kappa shape index (κ1) is 28.9. The lowest BCUT2D eigenvalue weighted by Gasteiger charge is -2.09. The number of non-ortho nitro benzene ring substituents is 1. The van der Waals surface area contributed by atoms with E-state index < -0.39 is 22.6 Å². The van der Waals surface area contributed by atoms with Gasteiger partial charge in [-0.25, -0.2) is 9.79 Å². The van der Waals surface area contributed by atoms with Gasteiger partial charge in [-0.1, -0.05) is 65.3 Å². The number of ether oxygens (including phenoxy) is 2. The van der Waals surface area contributed by atoms with Crippen LogP contribution in [-0.4, -0.2) is 33.6 Å². The number of halogens is 2. The molecule has 1 aliphatic rings. The molecule has 0 saturated carbocycles. The number of nitro benzene ring substituents is 1. The molecule has 12 heteroatoms. The van der Waals surface area contributed by atoms with Gasteiger partial charge in [-0.15, -0.1) is 0 Å². The number of carbonyl (C=O) groups excluding carboxylic acids is 2. The molecule has 0 unspecified atom stereocenters. The lowest BCUT2D eigenvalue weighted by molar-refractivity contribution is -0.384. The molecule has 3 aromatic carbocycles. The Hall–Kier alpha value is -4.12. The molecule has 0 aliphatic carbocycles. The Bertz CT molecular complexity index is 1600. The summed E-state index contributed by atoms with van der Waals surface area (Å²) in [4.78, 5) is 40.2. The third-order valence-corrected chi connectivity index (χ3v) is 7.09. The van der Waals surface area contributed by atoms with Gasteiger partial charge in [0.2, 0.25) is 0 Å². The molecule has 1 amide bonds. The van der Waals surface area contributed by atoms with Crippen molar-refractivity contribution in [2.24, 2.45) is 4.99 Å². The normalized spacial score (nSPS) is 15.0. The molecule has 1 N–H and O–H groups in total. The van der Waals surface area contributed by atoms with Crippen molar-refractivity contribution in [3.63, 3.8) is 0 Å². The van der Waals surface area contributed by atoms with Gasteiger partial charge in [-0.2, -0.15) is 0 Å². The number of esters is 1. The number of nitrogens with zero attached hydrogens (tertiary/aromatic N) is 2. The number of aliphatic hydroxyl groups excluding tert-OH is 1. The van der Waals surface area contributed by atoms with Crippen molar-refractivity contribution in [3.8, 4) is 5.75 Å². The molecule has 40 heavy (non-hydrogen) atoms. The van der Waals surface area contributed by atoms with E-state index in [9.17, 15) is 24.8 Å². The molecule has 3 aromatic rings. The molecule has 4 rings (SSSR count). The Balaban J connectivity index is 1.58. The molecule has 1 aliphatic heterocycles. The van der Waals surface area contributed by atoms with E-state index in [0.29, 0.717) is 16.9 Å². The minimum absolute atomic E-state index is 0.0323. The summed E-state index contributed by atoms with van der Waals surface area (Å²) in [5, 5.41) is 22.3. The van der Waals surface area contributed by atoms with Crippen molar-refractivity contribution in [3.05, 3.63) is 120 Å². The van der Waals surface area contributed by atoms with Crippen LogP contribution < -0.4 is 4.74 Å². The number of hydrogen-bond acceptors (Lipinski definition) is 8. The fourth-order valence-electron chi connectivity index (χ4n) is 3.58. The standard InChI is InChI=1S/C28H20Cl2N2O7S/c1-2-38-28(35)24-25(33)23(40-27(24)31-26(34)19-8-3-4-9-20(19)29)14-16-10-11-22(21(30)13-16)39-15-17-6-5-7-18(12-17)32(36)37/h3-14,33H,2,15H2,1H3/b23-14-,31-27?. The Morgan fingerprint density at radius 2 is 1.85 bits per heavy atom. The number of thioether (sulfide) groups is 1. The minimum Gasteiger partial charge on any atom is -0.506 e. The number of benzene rings is 3. The van der Waals surface area contributed by atoms with Gasteiger partial charge in [0.15, 0.2) is 0 Å². The van der Waals surface area contributed by atoms with Gasteiger partial charge in [0.05, 0.1) is 32.0 Å². The van der Waals surface area contributed by atoms with Crippen molar-refractivity contribution >= 4 is 63.6 Å². The molecule has 0 fully saturated rings. The molecule has 0 bridgehead atoms. The SMILES string of the molecule is CCOC(=O)C1=C(O)/C(=C/c2ccc(OCc3cccc([N+](=O)[O-])c3)c(Cl)c2)SC1=NC(=O)c1ccccc1Cl. The molecule has 204 valence electrons. The second-order valence-corrected chi connectivity index (χ2v) is 10.0. The second kappa shape index (κ2) is 12.8. The van der Waals surface area contributed by atoms with Gasteiger partial charge in [0.25, 0.3) is 11.6 Å². The number of aliphatic imine (C=N–C) groups is 1. The summed E-state index contributed by atoms with van der Waals surface area (Å²) in [5.41, 5.74) is 1.02. The highest BCUT2D eigenvalue weighted by Gasteiger charge is 2.34. The molecule has 0 spiro atoms. The van der Waals surface area contributed by atoms with Gasteiger partial charge in [-0.3, -0.25) is 14.9 Å². The van der Waals surface area contributed by atoms with E-state index in [4.69, 9.17) is 32.7 Å². The summed E-state index contributed by atoms with van der Waals surface area (Å²) in [5.74, 6) is -1.56. The maximum absolute atomic E-state index is 12.8. The highest BCUT2D eigenvalue weighted by Crippen LogP contribution is 2.40. The Morgan fingerprint density at radius 1 is 1.07 bits per heavy atom. The van der Waals surface area contributed by atoms with E-state index in [-0.39, 0.29) is 50.0 Å². The minimum atomic E-state index is -0.829. The van der Waals surface area contributed by atoms with Crippen molar-refractivity contribution in [1.82, 2.24) is 0 Å². The maximum atomic E-state index is 12.8. The third-order valence-electron chi connectivity index (χ3n) is 5.45. The monoisotopic (exact) mass is 598 g/mol. The lowest BCUT2D eigenvalue weighted by Crippen LogP contribution is -2.14. The van der Waals surface area contributed by atoms with Crippen molar-refractivity contribution < 1.29 is 29.1 Å². The summed E-state index contributed by atoms with van der Waals surface area (Å²) in [7, 11) is 0. The molecule has 0 atom stereocenters. The van der Waals surface area contributed by atoms with E-state index in [2.05, 4.69) is 4.99 Å². The van der Waals surface area contributed by atoms with Gasteiger partial charge in [0, 0.05) is 12.1 Å². The number of carbonyl (C=O) groups is 2. The van der Waals surface area contributed by atoms with E-state index in [0.717, 1.165) is 11.8 Å². The highest BCUT2D eigenvalue weighted by molar-refractivity contribution is 8.18. The van der Waals surface area contributed by atoms with Crippen LogP contribution in [-0.2, 0) is 16.1 Å². The smallest absolute Gasteiger partial charge is 0.344 e. The fourth-order valence-corrected chi connectivity index (χ4v) is 5.05. The van der Waals surface area contributed by atoms with E-state index >= 15 is 0 Å². The Morgan fingerprint density at radius 3 is 2.55 bits per heavy atom. The second-order valence-electron chi connectivity index (χ2n) is 8.16. The Kier molecular flexibility index (Phi) is 9.26. The van der Waals surface area contributed by atoms with E-state index in [1.165, 1.54) is 18.2 Å². The number of amides is 1. The number of rotatable bonds is 8. The van der Waals surface area contributed by atoms with Crippen molar-refractivity contribution in [2.75, 3.05) is 6.61 Å². The number of nitro groups is 1. The van der Waals surface area contributed by atoms with Gasteiger partial charge in [-0.05, 0) is 48.4 Å². The first-order valence-corrected chi connectivity index (χ1v) is 13.3. The molecule has 0 aromatic heterocycles. The zero-order valence-corrected chi connectivity index (χ0v) is 23.1. The summed E-state index contributed by atoms with van der Waals surface area (Å²) < 4.78 is 10.8. The third kappa shape index (κ3) is 6.71. The van der Waals surface area contributed by atoms with Crippen molar-refractivity contribution in [2.45, 2.75) is 13.5 Å². The lowest BCUT2D eigenvalue weighted by atomic mass is 10.1. The van der Waals surface area contributed by atoms with Crippen LogP contribution in [0.1, 0.15) is 28.4 Å². The van der Waals surface area contributed by atoms with Crippen LogP contribution >= 0.6 is 35.0 Å². The van der Waals surface area contributed by atoms with Crippen LogP contribution in [0.3, 0.4) is 0 Å². The van der Waals surface area contributed by atoms with Crippen LogP contribution in [0.2, 0.25) is 10.0 Å². The Labute approximate surface area is 242 Å². The first-order chi connectivity index (χ1) is 19.2. The molecule has 9 nitrogen and oxygen atoms in total. The fraction of sp³-hybridized carbons (Fsp3) is 0.107. The van der Waals surface area contributed by atoms with E-state index in [1.54, 1.807) is 61.5 Å². The first-order valence-electron chi connectivity index (χ1n) is 11.7. The quantitative estimate of drug-likeness (QED) is 0.164. The van der Waals surface area contributed by atoms with Crippen LogP contribution in [0.5, 0.6) is 5.75 Å². The van der Waals surface area contributed by atoms with Crippen LogP contribution in [0.4, 0.5) is 5.69 Å². The van der Waals surface area contributed by atoms with Crippen LogP contribution in [0.15, 0.2) is 88.0 Å². The summed E-state index contributed by atoms with van der Waals surface area (Å²) >= 11 is 13.4. The topological polar surface area (TPSA) is 128 Å². The zero-order valence-electron chi connectivity index (χ0n) is 20.8. The summed E-state index contributed by atoms with van der Waals surface area (Å²) in [6.45, 7) is 1.73. The maximum Gasteiger partial charge on any atom is 0.344 e.